The lowest BCUT2D eigenvalue weighted by atomic mass is 9.92. The highest BCUT2D eigenvalue weighted by Crippen LogP contribution is 2.29. The maximum atomic E-state index is 11.1. The van der Waals surface area contributed by atoms with E-state index in [1.807, 2.05) is 19.1 Å². The van der Waals surface area contributed by atoms with Gasteiger partial charge >= 0.3 is 5.97 Å². The predicted octanol–water partition coefficient (Wildman–Crippen LogP) is 3.02. The molecule has 1 fully saturated rings. The number of rotatable bonds is 6. The van der Waals surface area contributed by atoms with E-state index in [9.17, 15) is 4.79 Å². The Morgan fingerprint density at radius 2 is 2.15 bits per heavy atom. The van der Waals surface area contributed by atoms with Crippen LogP contribution >= 0.6 is 0 Å². The summed E-state index contributed by atoms with van der Waals surface area (Å²) in [6, 6.07) is 8.06. The summed E-state index contributed by atoms with van der Waals surface area (Å²) in [4.78, 5) is 13.4. The fourth-order valence-corrected chi connectivity index (χ4v) is 2.90. The van der Waals surface area contributed by atoms with Gasteiger partial charge in [-0.3, -0.25) is 4.79 Å². The summed E-state index contributed by atoms with van der Waals surface area (Å²) < 4.78 is 5.16. The zero-order valence-corrected chi connectivity index (χ0v) is 12.2. The molecule has 0 saturated carbocycles. The van der Waals surface area contributed by atoms with E-state index in [0.717, 1.165) is 31.7 Å². The van der Waals surface area contributed by atoms with E-state index < -0.39 is 5.97 Å². The number of aliphatic carboxylic acids is 1. The Morgan fingerprint density at radius 3 is 2.70 bits per heavy atom. The van der Waals surface area contributed by atoms with E-state index in [-0.39, 0.29) is 5.92 Å². The molecule has 4 nitrogen and oxygen atoms in total. The molecule has 2 unspecified atom stereocenters. The molecule has 2 atom stereocenters. The molecule has 0 aliphatic carbocycles. The van der Waals surface area contributed by atoms with E-state index in [1.54, 1.807) is 7.11 Å². The Bertz CT molecular complexity index is 444. The van der Waals surface area contributed by atoms with Gasteiger partial charge in [-0.1, -0.05) is 6.92 Å². The topological polar surface area (TPSA) is 49.8 Å². The minimum absolute atomic E-state index is 0.198. The minimum atomic E-state index is -0.657. The van der Waals surface area contributed by atoms with Gasteiger partial charge in [-0.05, 0) is 49.4 Å². The molecule has 20 heavy (non-hydrogen) atoms. The Kier molecular flexibility index (Phi) is 4.88. The first-order valence-electron chi connectivity index (χ1n) is 7.25. The maximum Gasteiger partial charge on any atom is 0.306 e. The highest BCUT2D eigenvalue weighted by atomic mass is 16.5. The number of carboxylic acid groups (broad SMARTS) is 1. The van der Waals surface area contributed by atoms with Crippen molar-refractivity contribution < 1.29 is 14.6 Å². The number of benzene rings is 1. The second-order valence-electron chi connectivity index (χ2n) is 5.48. The van der Waals surface area contributed by atoms with Crippen LogP contribution in [0.15, 0.2) is 24.3 Å². The van der Waals surface area contributed by atoms with Crippen LogP contribution in [0.1, 0.15) is 26.2 Å². The number of nitrogens with zero attached hydrogens (tertiary/aromatic N) is 1. The van der Waals surface area contributed by atoms with Crippen molar-refractivity contribution in [3.05, 3.63) is 24.3 Å². The van der Waals surface area contributed by atoms with Crippen molar-refractivity contribution >= 4 is 11.7 Å². The Hall–Kier alpha value is -1.71. The molecule has 0 amide bonds. The van der Waals surface area contributed by atoms with Crippen molar-refractivity contribution in [3.8, 4) is 5.75 Å². The number of carbonyl (C=O) groups is 1. The van der Waals surface area contributed by atoms with Crippen LogP contribution in [0.4, 0.5) is 5.69 Å². The van der Waals surface area contributed by atoms with Crippen LogP contribution in [0.25, 0.3) is 0 Å². The van der Waals surface area contributed by atoms with Crippen molar-refractivity contribution in [3.63, 3.8) is 0 Å². The molecule has 1 aliphatic rings. The second kappa shape index (κ2) is 6.64. The molecule has 2 rings (SSSR count). The van der Waals surface area contributed by atoms with Gasteiger partial charge in [0.1, 0.15) is 5.75 Å². The predicted molar refractivity (Wildman–Crippen MR) is 79.3 cm³/mol. The van der Waals surface area contributed by atoms with Crippen molar-refractivity contribution in [2.24, 2.45) is 11.8 Å². The first-order chi connectivity index (χ1) is 9.63. The summed E-state index contributed by atoms with van der Waals surface area (Å²) >= 11 is 0. The molecule has 1 aliphatic heterocycles. The molecule has 1 aromatic rings. The lowest BCUT2D eigenvalue weighted by Crippen LogP contribution is -2.22. The summed E-state index contributed by atoms with van der Waals surface area (Å²) in [5.41, 5.74) is 1.19. The van der Waals surface area contributed by atoms with Gasteiger partial charge in [-0.25, -0.2) is 0 Å². The fourth-order valence-electron chi connectivity index (χ4n) is 2.90. The fraction of sp³-hybridized carbons (Fsp3) is 0.562. The molecule has 1 aromatic carbocycles. The summed E-state index contributed by atoms with van der Waals surface area (Å²) in [5.74, 6) is 0.491. The minimum Gasteiger partial charge on any atom is -0.497 e. The number of methoxy groups -OCH3 is 1. The van der Waals surface area contributed by atoms with Crippen molar-refractivity contribution in [2.45, 2.75) is 26.2 Å². The molecular weight excluding hydrogens is 254 g/mol. The largest absolute Gasteiger partial charge is 0.497 e. The van der Waals surface area contributed by atoms with Gasteiger partial charge in [0.15, 0.2) is 0 Å². The molecule has 0 spiro atoms. The molecule has 4 heteroatoms. The monoisotopic (exact) mass is 277 g/mol. The lowest BCUT2D eigenvalue weighted by molar-refractivity contribution is -0.142. The van der Waals surface area contributed by atoms with Gasteiger partial charge in [0.25, 0.3) is 0 Å². The van der Waals surface area contributed by atoms with E-state index in [1.165, 1.54) is 5.69 Å². The van der Waals surface area contributed by atoms with Gasteiger partial charge in [-0.15, -0.1) is 0 Å². The standard InChI is InChI=1S/C16H23NO3/c1-3-13(16(18)19)10-12-8-9-17(11-12)14-4-6-15(20-2)7-5-14/h4-7,12-13H,3,8-11H2,1-2H3,(H,18,19). The Balaban J connectivity index is 1.92. The molecule has 0 bridgehead atoms. The Labute approximate surface area is 120 Å². The third-order valence-electron chi connectivity index (χ3n) is 4.18. The van der Waals surface area contributed by atoms with Gasteiger partial charge in [0.05, 0.1) is 13.0 Å². The zero-order valence-electron chi connectivity index (χ0n) is 12.2. The van der Waals surface area contributed by atoms with Crippen molar-refractivity contribution in [2.75, 3.05) is 25.1 Å². The lowest BCUT2D eigenvalue weighted by Gasteiger charge is -2.20. The first-order valence-corrected chi connectivity index (χ1v) is 7.25. The van der Waals surface area contributed by atoms with Crippen LogP contribution in [0.3, 0.4) is 0 Å². The number of hydrogen-bond donors (Lipinski definition) is 1. The summed E-state index contributed by atoms with van der Waals surface area (Å²) in [6.45, 7) is 3.91. The summed E-state index contributed by atoms with van der Waals surface area (Å²) in [6.07, 6.45) is 2.59. The van der Waals surface area contributed by atoms with E-state index in [4.69, 9.17) is 9.84 Å². The highest BCUT2D eigenvalue weighted by molar-refractivity contribution is 5.69. The molecule has 1 heterocycles. The van der Waals surface area contributed by atoms with Gasteiger partial charge in [0, 0.05) is 18.8 Å². The normalized spacial score (nSPS) is 19.9. The molecule has 0 radical (unpaired) electrons. The van der Waals surface area contributed by atoms with Crippen LogP contribution in [0, 0.1) is 11.8 Å². The van der Waals surface area contributed by atoms with Crippen LogP contribution in [0.5, 0.6) is 5.75 Å². The van der Waals surface area contributed by atoms with E-state index in [0.29, 0.717) is 12.3 Å². The summed E-state index contributed by atoms with van der Waals surface area (Å²) in [5, 5.41) is 9.15. The van der Waals surface area contributed by atoms with Gasteiger partial charge in [0.2, 0.25) is 0 Å². The SMILES string of the molecule is CCC(CC1CCN(c2ccc(OC)cc2)C1)C(=O)O. The number of carboxylic acids is 1. The molecule has 1 saturated heterocycles. The third-order valence-corrected chi connectivity index (χ3v) is 4.18. The highest BCUT2D eigenvalue weighted by Gasteiger charge is 2.27. The van der Waals surface area contributed by atoms with Crippen LogP contribution in [0.2, 0.25) is 0 Å². The second-order valence-corrected chi connectivity index (χ2v) is 5.48. The summed E-state index contributed by atoms with van der Waals surface area (Å²) in [7, 11) is 1.66. The van der Waals surface area contributed by atoms with Crippen LogP contribution < -0.4 is 9.64 Å². The maximum absolute atomic E-state index is 11.1. The molecule has 0 aromatic heterocycles. The van der Waals surface area contributed by atoms with Crippen LogP contribution in [-0.4, -0.2) is 31.3 Å². The Morgan fingerprint density at radius 1 is 1.45 bits per heavy atom. The smallest absolute Gasteiger partial charge is 0.306 e. The van der Waals surface area contributed by atoms with E-state index >= 15 is 0 Å². The quantitative estimate of drug-likeness (QED) is 0.868. The molecule has 1 N–H and O–H groups in total. The van der Waals surface area contributed by atoms with Gasteiger partial charge in [-0.2, -0.15) is 0 Å². The van der Waals surface area contributed by atoms with Crippen molar-refractivity contribution in [1.82, 2.24) is 0 Å². The zero-order chi connectivity index (χ0) is 14.5. The van der Waals surface area contributed by atoms with Crippen molar-refractivity contribution in [1.29, 1.82) is 0 Å². The molecule has 110 valence electrons. The van der Waals surface area contributed by atoms with Crippen LogP contribution in [-0.2, 0) is 4.79 Å². The average molecular weight is 277 g/mol. The average Bonchev–Trinajstić information content (AvgIpc) is 2.93. The first kappa shape index (κ1) is 14.7. The third kappa shape index (κ3) is 3.44. The molecular formula is C16H23NO3. The number of ether oxygens (including phenoxy) is 1. The van der Waals surface area contributed by atoms with E-state index in [2.05, 4.69) is 17.0 Å². The van der Waals surface area contributed by atoms with Gasteiger partial charge < -0.3 is 14.7 Å². The number of hydrogen-bond acceptors (Lipinski definition) is 3. The number of anilines is 1.